The Labute approximate surface area is 97.5 Å². The first kappa shape index (κ1) is 9.60. The van der Waals surface area contributed by atoms with Crippen LogP contribution < -0.4 is 0 Å². The molecule has 0 saturated carbocycles. The molecule has 0 amide bonds. The van der Waals surface area contributed by atoms with Gasteiger partial charge in [-0.3, -0.25) is 4.68 Å². The molecule has 5 nitrogen and oxygen atoms in total. The van der Waals surface area contributed by atoms with Gasteiger partial charge in [0.2, 0.25) is 0 Å². The van der Waals surface area contributed by atoms with Crippen LogP contribution in [0.4, 0.5) is 0 Å². The van der Waals surface area contributed by atoms with Gasteiger partial charge in [0.05, 0.1) is 11.7 Å². The molecule has 0 spiro atoms. The molecule has 0 unspecified atom stereocenters. The van der Waals surface area contributed by atoms with Crippen LogP contribution in [0.3, 0.4) is 0 Å². The first-order chi connectivity index (χ1) is 8.29. The van der Waals surface area contributed by atoms with E-state index >= 15 is 0 Å². The van der Waals surface area contributed by atoms with Crippen molar-refractivity contribution < 1.29 is 0 Å². The average Bonchev–Trinajstić information content (AvgIpc) is 2.91. The van der Waals surface area contributed by atoms with Gasteiger partial charge in [0.25, 0.3) is 0 Å². The molecule has 0 N–H and O–H groups in total. The van der Waals surface area contributed by atoms with Gasteiger partial charge >= 0.3 is 0 Å². The van der Waals surface area contributed by atoms with E-state index < -0.39 is 0 Å². The monoisotopic (exact) mass is 223 g/mol. The van der Waals surface area contributed by atoms with Crippen molar-refractivity contribution in [1.29, 1.82) is 5.26 Å². The Bertz CT molecular complexity index is 729. The summed E-state index contributed by atoms with van der Waals surface area (Å²) < 4.78 is 3.40. The van der Waals surface area contributed by atoms with Crippen molar-refractivity contribution in [3.05, 3.63) is 42.4 Å². The minimum Gasteiger partial charge on any atom is -0.275 e. The number of pyridine rings is 1. The minimum absolute atomic E-state index is 0.582. The molecule has 82 valence electrons. The van der Waals surface area contributed by atoms with Crippen molar-refractivity contribution in [3.63, 3.8) is 0 Å². The molecule has 3 heterocycles. The molecule has 0 radical (unpaired) electrons. The zero-order valence-electron chi connectivity index (χ0n) is 9.20. The average molecular weight is 223 g/mol. The smallest absolute Gasteiger partial charge is 0.114 e. The van der Waals surface area contributed by atoms with Crippen LogP contribution in [0, 0.1) is 11.3 Å². The van der Waals surface area contributed by atoms with E-state index in [1.54, 1.807) is 15.4 Å². The molecule has 17 heavy (non-hydrogen) atoms. The molecular weight excluding hydrogens is 214 g/mol. The Morgan fingerprint density at radius 3 is 2.94 bits per heavy atom. The fraction of sp³-hybridized carbons (Fsp3) is 0.0833. The van der Waals surface area contributed by atoms with Gasteiger partial charge < -0.3 is 0 Å². The number of nitrogens with zero attached hydrogens (tertiary/aromatic N) is 5. The van der Waals surface area contributed by atoms with E-state index in [1.165, 1.54) is 0 Å². The van der Waals surface area contributed by atoms with Crippen LogP contribution in [0.25, 0.3) is 16.8 Å². The number of rotatable bonds is 1. The summed E-state index contributed by atoms with van der Waals surface area (Å²) in [5.74, 6) is 0. The van der Waals surface area contributed by atoms with E-state index in [0.717, 1.165) is 11.1 Å². The molecular formula is C12H9N5. The molecule has 3 aromatic rings. The Balaban J connectivity index is 2.34. The molecule has 0 aliphatic heterocycles. The number of nitriles is 1. The van der Waals surface area contributed by atoms with Crippen molar-refractivity contribution in [2.75, 3.05) is 0 Å². The van der Waals surface area contributed by atoms with Crippen molar-refractivity contribution in [1.82, 2.24) is 19.4 Å². The lowest BCUT2D eigenvalue weighted by atomic mass is 10.1. The summed E-state index contributed by atoms with van der Waals surface area (Å²) in [7, 11) is 1.84. The number of aryl methyl sites for hydroxylation is 1. The van der Waals surface area contributed by atoms with Crippen LogP contribution >= 0.6 is 0 Å². The summed E-state index contributed by atoms with van der Waals surface area (Å²) in [4.78, 5) is 0. The quantitative estimate of drug-likeness (QED) is 0.629. The highest BCUT2D eigenvalue weighted by Gasteiger charge is 2.14. The van der Waals surface area contributed by atoms with E-state index in [0.29, 0.717) is 11.3 Å². The third kappa shape index (κ3) is 1.39. The summed E-state index contributed by atoms with van der Waals surface area (Å²) in [5, 5.41) is 17.7. The van der Waals surface area contributed by atoms with Crippen LogP contribution in [0.2, 0.25) is 0 Å². The molecule has 0 aliphatic rings. The molecule has 0 bridgehead atoms. The van der Waals surface area contributed by atoms with E-state index in [4.69, 9.17) is 0 Å². The number of aromatic nitrogens is 4. The van der Waals surface area contributed by atoms with Crippen LogP contribution in [0.5, 0.6) is 0 Å². The highest BCUT2D eigenvalue weighted by molar-refractivity contribution is 5.76. The van der Waals surface area contributed by atoms with Crippen LogP contribution in [-0.2, 0) is 7.05 Å². The summed E-state index contributed by atoms with van der Waals surface area (Å²) in [6.45, 7) is 0. The van der Waals surface area contributed by atoms with Gasteiger partial charge in [-0.1, -0.05) is 6.07 Å². The fourth-order valence-electron chi connectivity index (χ4n) is 1.85. The predicted molar refractivity (Wildman–Crippen MR) is 62.1 cm³/mol. The predicted octanol–water partition coefficient (Wildman–Crippen LogP) is 1.61. The summed E-state index contributed by atoms with van der Waals surface area (Å²) in [5.41, 5.74) is 2.92. The molecule has 0 aliphatic carbocycles. The molecule has 0 atom stereocenters. The number of hydrogen-bond donors (Lipinski definition) is 0. The van der Waals surface area contributed by atoms with Gasteiger partial charge in [0.15, 0.2) is 0 Å². The van der Waals surface area contributed by atoms with Crippen LogP contribution in [-0.4, -0.2) is 19.4 Å². The van der Waals surface area contributed by atoms with Gasteiger partial charge in [-0.25, -0.2) is 4.52 Å². The normalized spacial score (nSPS) is 10.6. The Morgan fingerprint density at radius 2 is 2.24 bits per heavy atom. The second-order valence-corrected chi connectivity index (χ2v) is 3.77. The Kier molecular flexibility index (Phi) is 1.95. The summed E-state index contributed by atoms with van der Waals surface area (Å²) in [6, 6.07) is 7.86. The largest absolute Gasteiger partial charge is 0.275 e. The maximum atomic E-state index is 9.24. The maximum absolute atomic E-state index is 9.24. The van der Waals surface area contributed by atoms with Gasteiger partial charge in [0.1, 0.15) is 17.3 Å². The standard InChI is InChI=1S/C12H9N5/c1-16-8-9(7-14-16)12-10(6-13)11-4-2-3-5-17(11)15-12/h2-5,7-8H,1H3. The third-order valence-corrected chi connectivity index (χ3v) is 2.63. The molecule has 0 saturated heterocycles. The van der Waals surface area contributed by atoms with Crippen LogP contribution in [0.1, 0.15) is 5.56 Å². The highest BCUT2D eigenvalue weighted by atomic mass is 15.3. The molecule has 0 fully saturated rings. The van der Waals surface area contributed by atoms with Crippen LogP contribution in [0.15, 0.2) is 36.8 Å². The molecule has 5 heteroatoms. The minimum atomic E-state index is 0.582. The van der Waals surface area contributed by atoms with Crippen molar-refractivity contribution in [2.24, 2.45) is 7.05 Å². The van der Waals surface area contributed by atoms with Gasteiger partial charge in [0, 0.05) is 25.0 Å². The lowest BCUT2D eigenvalue weighted by Crippen LogP contribution is -1.85. The Hall–Kier alpha value is -2.61. The maximum Gasteiger partial charge on any atom is 0.114 e. The first-order valence-corrected chi connectivity index (χ1v) is 5.16. The second kappa shape index (κ2) is 3.46. The summed E-state index contributed by atoms with van der Waals surface area (Å²) >= 11 is 0. The van der Waals surface area contributed by atoms with Gasteiger partial charge in [-0.05, 0) is 12.1 Å². The number of fused-ring (bicyclic) bond motifs is 1. The van der Waals surface area contributed by atoms with E-state index in [1.807, 2.05) is 37.6 Å². The first-order valence-electron chi connectivity index (χ1n) is 5.16. The lowest BCUT2D eigenvalue weighted by molar-refractivity contribution is 0.768. The SMILES string of the molecule is Cn1cc(-c2nn3ccccc3c2C#N)cn1. The third-order valence-electron chi connectivity index (χ3n) is 2.63. The Morgan fingerprint density at radius 1 is 1.35 bits per heavy atom. The topological polar surface area (TPSA) is 58.9 Å². The lowest BCUT2D eigenvalue weighted by Gasteiger charge is -1.89. The van der Waals surface area contributed by atoms with Gasteiger partial charge in [-0.15, -0.1) is 0 Å². The molecule has 3 rings (SSSR count). The summed E-state index contributed by atoms with van der Waals surface area (Å²) in [6.07, 6.45) is 5.39. The van der Waals surface area contributed by atoms with E-state index in [2.05, 4.69) is 16.3 Å². The zero-order valence-corrected chi connectivity index (χ0v) is 9.20. The second-order valence-electron chi connectivity index (χ2n) is 3.77. The van der Waals surface area contributed by atoms with Gasteiger partial charge in [-0.2, -0.15) is 15.5 Å². The fourth-order valence-corrected chi connectivity index (χ4v) is 1.85. The van der Waals surface area contributed by atoms with Crippen molar-refractivity contribution in [3.8, 4) is 17.3 Å². The highest BCUT2D eigenvalue weighted by Crippen LogP contribution is 2.24. The number of hydrogen-bond acceptors (Lipinski definition) is 3. The molecule has 3 aromatic heterocycles. The van der Waals surface area contributed by atoms with Crippen molar-refractivity contribution >= 4 is 5.52 Å². The van der Waals surface area contributed by atoms with Crippen molar-refractivity contribution in [2.45, 2.75) is 0 Å². The molecule has 0 aromatic carbocycles. The van der Waals surface area contributed by atoms with E-state index in [9.17, 15) is 5.26 Å². The zero-order chi connectivity index (χ0) is 11.8. The van der Waals surface area contributed by atoms with E-state index in [-0.39, 0.29) is 0 Å².